The van der Waals surface area contributed by atoms with E-state index < -0.39 is 0 Å². The summed E-state index contributed by atoms with van der Waals surface area (Å²) in [6.45, 7) is 2.14. The number of aryl methyl sites for hydroxylation is 1. The summed E-state index contributed by atoms with van der Waals surface area (Å²) in [5.74, 6) is 0. The van der Waals surface area contributed by atoms with Crippen LogP contribution in [-0.4, -0.2) is 0 Å². The molecule has 0 nitrogen and oxygen atoms in total. The standard InChI is InChI=1S/C24H18/c1-16-6-7-18-13-19(9-8-17(18)12-16)20-10-11-22-14-21-4-2-3-5-23(21)24(22)15-20/h2-13,15H,14H2,1H3. The molecule has 0 atom stereocenters. The molecule has 0 aromatic heterocycles. The highest BCUT2D eigenvalue weighted by atomic mass is 14.2. The zero-order valence-electron chi connectivity index (χ0n) is 13.7. The average molecular weight is 306 g/mol. The van der Waals surface area contributed by atoms with Gasteiger partial charge in [0.15, 0.2) is 0 Å². The first-order chi connectivity index (χ1) is 11.8. The van der Waals surface area contributed by atoms with Gasteiger partial charge in [0.05, 0.1) is 0 Å². The summed E-state index contributed by atoms with van der Waals surface area (Å²) >= 11 is 0. The van der Waals surface area contributed by atoms with Crippen molar-refractivity contribution < 1.29 is 0 Å². The molecular formula is C24H18. The Bertz CT molecular complexity index is 1090. The summed E-state index contributed by atoms with van der Waals surface area (Å²) in [6.07, 6.45) is 1.06. The van der Waals surface area contributed by atoms with Crippen LogP contribution in [0, 0.1) is 6.92 Å². The second-order valence-corrected chi connectivity index (χ2v) is 6.77. The largest absolute Gasteiger partial charge is 0.0619 e. The quantitative estimate of drug-likeness (QED) is 0.337. The Morgan fingerprint density at radius 3 is 2.25 bits per heavy atom. The van der Waals surface area contributed by atoms with Crippen molar-refractivity contribution in [3.8, 4) is 22.3 Å². The van der Waals surface area contributed by atoms with Crippen LogP contribution >= 0.6 is 0 Å². The summed E-state index contributed by atoms with van der Waals surface area (Å²) < 4.78 is 0. The molecule has 0 bridgehead atoms. The zero-order chi connectivity index (χ0) is 16.1. The van der Waals surface area contributed by atoms with E-state index in [0.29, 0.717) is 0 Å². The maximum atomic E-state index is 2.36. The molecule has 24 heavy (non-hydrogen) atoms. The number of hydrogen-bond donors (Lipinski definition) is 0. The SMILES string of the molecule is Cc1ccc2cc(-c3ccc4c(c3)-c3ccccc3C4)ccc2c1. The van der Waals surface area contributed by atoms with Crippen molar-refractivity contribution in [2.24, 2.45) is 0 Å². The van der Waals surface area contributed by atoms with Crippen LogP contribution < -0.4 is 0 Å². The van der Waals surface area contributed by atoms with Gasteiger partial charge in [-0.15, -0.1) is 0 Å². The number of benzene rings is 4. The van der Waals surface area contributed by atoms with Crippen LogP contribution in [0.25, 0.3) is 33.0 Å². The third kappa shape index (κ3) is 2.07. The van der Waals surface area contributed by atoms with E-state index >= 15 is 0 Å². The molecule has 5 rings (SSSR count). The molecule has 0 amide bonds. The van der Waals surface area contributed by atoms with Crippen LogP contribution in [0.1, 0.15) is 16.7 Å². The molecule has 1 aliphatic rings. The van der Waals surface area contributed by atoms with E-state index in [4.69, 9.17) is 0 Å². The highest BCUT2D eigenvalue weighted by molar-refractivity contribution is 5.89. The molecule has 0 saturated carbocycles. The van der Waals surface area contributed by atoms with E-state index in [0.717, 1.165) is 6.42 Å². The third-order valence-electron chi connectivity index (χ3n) is 5.13. The molecule has 0 unspecified atom stereocenters. The van der Waals surface area contributed by atoms with Crippen LogP contribution in [-0.2, 0) is 6.42 Å². The van der Waals surface area contributed by atoms with Crippen molar-refractivity contribution in [2.75, 3.05) is 0 Å². The lowest BCUT2D eigenvalue weighted by Gasteiger charge is -2.08. The van der Waals surface area contributed by atoms with E-state index in [9.17, 15) is 0 Å². The molecule has 0 spiro atoms. The summed E-state index contributed by atoms with van der Waals surface area (Å²) in [4.78, 5) is 0. The predicted molar refractivity (Wildman–Crippen MR) is 102 cm³/mol. The Hall–Kier alpha value is -2.86. The van der Waals surface area contributed by atoms with Crippen molar-refractivity contribution >= 4 is 10.8 Å². The van der Waals surface area contributed by atoms with Gasteiger partial charge in [0.1, 0.15) is 0 Å². The lowest BCUT2D eigenvalue weighted by molar-refractivity contribution is 1.26. The Morgan fingerprint density at radius 2 is 1.29 bits per heavy atom. The van der Waals surface area contributed by atoms with Gasteiger partial charge in [0.25, 0.3) is 0 Å². The van der Waals surface area contributed by atoms with Crippen molar-refractivity contribution in [3.63, 3.8) is 0 Å². The van der Waals surface area contributed by atoms with Gasteiger partial charge in [-0.05, 0) is 69.6 Å². The van der Waals surface area contributed by atoms with Gasteiger partial charge in [-0.1, -0.05) is 72.3 Å². The Balaban J connectivity index is 1.65. The minimum absolute atomic E-state index is 1.06. The summed E-state index contributed by atoms with van der Waals surface area (Å²) in [7, 11) is 0. The van der Waals surface area contributed by atoms with Crippen molar-refractivity contribution in [3.05, 3.63) is 95.6 Å². The first-order valence-electron chi connectivity index (χ1n) is 8.50. The monoisotopic (exact) mass is 306 g/mol. The van der Waals surface area contributed by atoms with E-state index in [2.05, 4.69) is 85.8 Å². The second-order valence-electron chi connectivity index (χ2n) is 6.77. The Morgan fingerprint density at radius 1 is 0.583 bits per heavy atom. The van der Waals surface area contributed by atoms with E-state index in [1.807, 2.05) is 0 Å². The van der Waals surface area contributed by atoms with Crippen LogP contribution in [0.5, 0.6) is 0 Å². The van der Waals surface area contributed by atoms with Gasteiger partial charge in [0, 0.05) is 0 Å². The Kier molecular flexibility index (Phi) is 2.87. The molecule has 114 valence electrons. The van der Waals surface area contributed by atoms with Crippen molar-refractivity contribution in [2.45, 2.75) is 13.3 Å². The number of rotatable bonds is 1. The molecule has 0 heterocycles. The normalized spacial score (nSPS) is 12.2. The maximum absolute atomic E-state index is 2.36. The molecule has 0 N–H and O–H groups in total. The predicted octanol–water partition coefficient (Wildman–Crippen LogP) is 6.39. The molecule has 1 aliphatic carbocycles. The van der Waals surface area contributed by atoms with Gasteiger partial charge in [-0.25, -0.2) is 0 Å². The maximum Gasteiger partial charge on any atom is -0.00134 e. The van der Waals surface area contributed by atoms with Crippen molar-refractivity contribution in [1.29, 1.82) is 0 Å². The van der Waals surface area contributed by atoms with Gasteiger partial charge >= 0.3 is 0 Å². The highest BCUT2D eigenvalue weighted by Gasteiger charge is 2.18. The lowest BCUT2D eigenvalue weighted by atomic mass is 9.96. The highest BCUT2D eigenvalue weighted by Crippen LogP contribution is 2.39. The smallest absolute Gasteiger partial charge is 0.00134 e. The van der Waals surface area contributed by atoms with Crippen LogP contribution in [0.3, 0.4) is 0 Å². The van der Waals surface area contributed by atoms with E-state index in [1.165, 1.54) is 49.7 Å². The minimum Gasteiger partial charge on any atom is -0.0619 e. The van der Waals surface area contributed by atoms with E-state index in [1.54, 1.807) is 0 Å². The number of fused-ring (bicyclic) bond motifs is 4. The molecule has 4 aromatic carbocycles. The van der Waals surface area contributed by atoms with Crippen molar-refractivity contribution in [1.82, 2.24) is 0 Å². The summed E-state index contributed by atoms with van der Waals surface area (Å²) in [5, 5.41) is 2.62. The van der Waals surface area contributed by atoms with Crippen LogP contribution in [0.4, 0.5) is 0 Å². The molecule has 0 aliphatic heterocycles. The first-order valence-corrected chi connectivity index (χ1v) is 8.50. The molecule has 0 saturated heterocycles. The third-order valence-corrected chi connectivity index (χ3v) is 5.13. The average Bonchev–Trinajstić information content (AvgIpc) is 2.99. The van der Waals surface area contributed by atoms with Gasteiger partial charge in [0.2, 0.25) is 0 Å². The fourth-order valence-electron chi connectivity index (χ4n) is 3.85. The fraction of sp³-hybridized carbons (Fsp3) is 0.0833. The summed E-state index contributed by atoms with van der Waals surface area (Å²) in [6, 6.07) is 29.1. The summed E-state index contributed by atoms with van der Waals surface area (Å²) in [5.41, 5.74) is 9.57. The minimum atomic E-state index is 1.06. The number of hydrogen-bond acceptors (Lipinski definition) is 0. The van der Waals surface area contributed by atoms with Crippen LogP contribution in [0.2, 0.25) is 0 Å². The molecular weight excluding hydrogens is 288 g/mol. The molecule has 4 aromatic rings. The first kappa shape index (κ1) is 13.6. The molecule has 0 fully saturated rings. The zero-order valence-corrected chi connectivity index (χ0v) is 13.7. The second kappa shape index (κ2) is 5.07. The fourth-order valence-corrected chi connectivity index (χ4v) is 3.85. The van der Waals surface area contributed by atoms with E-state index in [-0.39, 0.29) is 0 Å². The lowest BCUT2D eigenvalue weighted by Crippen LogP contribution is -1.84. The van der Waals surface area contributed by atoms with Gasteiger partial charge in [-0.3, -0.25) is 0 Å². The van der Waals surface area contributed by atoms with Crippen LogP contribution in [0.15, 0.2) is 78.9 Å². The molecule has 0 heteroatoms. The Labute approximate surface area is 142 Å². The van der Waals surface area contributed by atoms with Gasteiger partial charge in [-0.2, -0.15) is 0 Å². The molecule has 0 radical (unpaired) electrons. The van der Waals surface area contributed by atoms with Gasteiger partial charge < -0.3 is 0 Å². The topological polar surface area (TPSA) is 0 Å².